The summed E-state index contributed by atoms with van der Waals surface area (Å²) in [5.74, 6) is 1.31. The van der Waals surface area contributed by atoms with Crippen LogP contribution in [0.5, 0.6) is 0 Å². The van der Waals surface area contributed by atoms with Crippen LogP contribution < -0.4 is 16.0 Å². The molecule has 0 radical (unpaired) electrons. The fourth-order valence-corrected chi connectivity index (χ4v) is 2.40. The molecule has 0 spiro atoms. The smallest absolute Gasteiger partial charge is 0.191 e. The Hall–Kier alpha value is -2.56. The second kappa shape index (κ2) is 10.3. The van der Waals surface area contributed by atoms with Crippen LogP contribution in [-0.2, 0) is 6.54 Å². The second-order valence-electron chi connectivity index (χ2n) is 6.26. The summed E-state index contributed by atoms with van der Waals surface area (Å²) in [4.78, 5) is 8.94. The van der Waals surface area contributed by atoms with Crippen molar-refractivity contribution in [3.05, 3.63) is 60.4 Å². The van der Waals surface area contributed by atoms with Gasteiger partial charge in [-0.05, 0) is 37.1 Å². The highest BCUT2D eigenvalue weighted by Crippen LogP contribution is 2.11. The third-order valence-corrected chi connectivity index (χ3v) is 3.89. The quantitative estimate of drug-likeness (QED) is 0.510. The van der Waals surface area contributed by atoms with Crippen LogP contribution >= 0.6 is 0 Å². The van der Waals surface area contributed by atoms with E-state index in [0.717, 1.165) is 30.4 Å². The molecule has 0 bridgehead atoms. The Kier molecular flexibility index (Phi) is 7.76. The SMILES string of the molecule is CCNC(=NCc1ccccn1)NCC(Nc1ccccc1)C(C)C. The summed E-state index contributed by atoms with van der Waals surface area (Å²) in [7, 11) is 0. The maximum Gasteiger partial charge on any atom is 0.191 e. The average molecular weight is 339 g/mol. The molecule has 3 N–H and O–H groups in total. The van der Waals surface area contributed by atoms with Gasteiger partial charge in [0, 0.05) is 31.0 Å². The van der Waals surface area contributed by atoms with E-state index >= 15 is 0 Å². The highest BCUT2D eigenvalue weighted by molar-refractivity contribution is 5.79. The molecule has 0 aliphatic heterocycles. The van der Waals surface area contributed by atoms with Gasteiger partial charge in [-0.25, -0.2) is 4.99 Å². The number of nitrogens with one attached hydrogen (secondary N) is 3. The fraction of sp³-hybridized carbons (Fsp3) is 0.400. The zero-order valence-corrected chi connectivity index (χ0v) is 15.4. The lowest BCUT2D eigenvalue weighted by molar-refractivity contribution is 0.512. The Balaban J connectivity index is 1.94. The van der Waals surface area contributed by atoms with E-state index in [1.54, 1.807) is 6.20 Å². The second-order valence-corrected chi connectivity index (χ2v) is 6.26. The van der Waals surface area contributed by atoms with Crippen molar-refractivity contribution in [1.29, 1.82) is 0 Å². The van der Waals surface area contributed by atoms with Crippen LogP contribution in [0.25, 0.3) is 0 Å². The Morgan fingerprint density at radius 1 is 1.04 bits per heavy atom. The standard InChI is InChI=1S/C20H29N5/c1-4-21-20(23-14-18-12-8-9-13-22-18)24-15-19(16(2)3)25-17-10-6-5-7-11-17/h5-13,16,19,25H,4,14-15H2,1-3H3,(H2,21,23,24). The van der Waals surface area contributed by atoms with Crippen LogP contribution in [0.4, 0.5) is 5.69 Å². The number of aliphatic imine (C=N–C) groups is 1. The molecule has 0 fully saturated rings. The summed E-state index contributed by atoms with van der Waals surface area (Å²) in [6.07, 6.45) is 1.80. The predicted octanol–water partition coefficient (Wildman–Crippen LogP) is 3.27. The molecule has 0 aliphatic carbocycles. The van der Waals surface area contributed by atoms with Crippen LogP contribution in [-0.4, -0.2) is 30.1 Å². The molecule has 5 heteroatoms. The number of guanidine groups is 1. The molecule has 2 rings (SSSR count). The normalized spacial score (nSPS) is 12.7. The molecule has 0 saturated carbocycles. The summed E-state index contributed by atoms with van der Waals surface area (Å²) in [5.41, 5.74) is 2.10. The molecule has 1 heterocycles. The number of benzene rings is 1. The molecule has 1 atom stereocenters. The van der Waals surface area contributed by atoms with Crippen LogP contribution in [0, 0.1) is 5.92 Å². The van der Waals surface area contributed by atoms with Gasteiger partial charge in [0.15, 0.2) is 5.96 Å². The highest BCUT2D eigenvalue weighted by atomic mass is 15.2. The Bertz CT molecular complexity index is 625. The third kappa shape index (κ3) is 6.83. The topological polar surface area (TPSA) is 61.3 Å². The Morgan fingerprint density at radius 2 is 1.80 bits per heavy atom. The van der Waals surface area contributed by atoms with Crippen molar-refractivity contribution in [3.63, 3.8) is 0 Å². The van der Waals surface area contributed by atoms with Gasteiger partial charge < -0.3 is 16.0 Å². The van der Waals surface area contributed by atoms with Gasteiger partial charge >= 0.3 is 0 Å². The summed E-state index contributed by atoms with van der Waals surface area (Å²) < 4.78 is 0. The van der Waals surface area contributed by atoms with Gasteiger partial charge in [0.2, 0.25) is 0 Å². The average Bonchev–Trinajstić information content (AvgIpc) is 2.64. The molecule has 0 saturated heterocycles. The lowest BCUT2D eigenvalue weighted by atomic mass is 10.0. The van der Waals surface area contributed by atoms with Gasteiger partial charge in [0.1, 0.15) is 0 Å². The number of aromatic nitrogens is 1. The number of nitrogens with zero attached hydrogens (tertiary/aromatic N) is 2. The highest BCUT2D eigenvalue weighted by Gasteiger charge is 2.13. The summed E-state index contributed by atoms with van der Waals surface area (Å²) in [5, 5.41) is 10.3. The van der Waals surface area contributed by atoms with E-state index in [-0.39, 0.29) is 0 Å². The summed E-state index contributed by atoms with van der Waals surface area (Å²) in [6.45, 7) is 8.70. The molecule has 2 aromatic rings. The number of hydrogen-bond donors (Lipinski definition) is 3. The van der Waals surface area contributed by atoms with Gasteiger partial charge in [-0.1, -0.05) is 38.1 Å². The third-order valence-electron chi connectivity index (χ3n) is 3.89. The van der Waals surface area contributed by atoms with E-state index in [4.69, 9.17) is 0 Å². The van der Waals surface area contributed by atoms with Crippen molar-refractivity contribution in [2.24, 2.45) is 10.9 Å². The molecule has 1 aromatic carbocycles. The number of rotatable bonds is 8. The minimum absolute atomic E-state index is 0.307. The minimum atomic E-state index is 0.307. The maximum atomic E-state index is 4.63. The van der Waals surface area contributed by atoms with Crippen molar-refractivity contribution < 1.29 is 0 Å². The first-order valence-corrected chi connectivity index (χ1v) is 8.92. The first kappa shape index (κ1) is 18.8. The Morgan fingerprint density at radius 3 is 2.44 bits per heavy atom. The minimum Gasteiger partial charge on any atom is -0.380 e. The van der Waals surface area contributed by atoms with E-state index in [2.05, 4.69) is 58.8 Å². The van der Waals surface area contributed by atoms with Crippen LogP contribution in [0.1, 0.15) is 26.5 Å². The molecule has 1 aromatic heterocycles. The maximum absolute atomic E-state index is 4.63. The van der Waals surface area contributed by atoms with Crippen molar-refractivity contribution in [2.45, 2.75) is 33.4 Å². The monoisotopic (exact) mass is 339 g/mol. The zero-order valence-electron chi connectivity index (χ0n) is 15.4. The summed E-state index contributed by atoms with van der Waals surface area (Å²) in [6, 6.07) is 16.5. The van der Waals surface area contributed by atoms with Gasteiger partial charge in [0.25, 0.3) is 0 Å². The molecule has 0 aliphatic rings. The van der Waals surface area contributed by atoms with Crippen LogP contribution in [0.15, 0.2) is 59.7 Å². The molecule has 0 amide bonds. The first-order chi connectivity index (χ1) is 12.2. The molecular formula is C20H29N5. The molecular weight excluding hydrogens is 310 g/mol. The van der Waals surface area contributed by atoms with Crippen molar-refractivity contribution in [3.8, 4) is 0 Å². The largest absolute Gasteiger partial charge is 0.380 e. The zero-order chi connectivity index (χ0) is 17.9. The van der Waals surface area contributed by atoms with E-state index in [0.29, 0.717) is 18.5 Å². The lowest BCUT2D eigenvalue weighted by Gasteiger charge is -2.25. The molecule has 25 heavy (non-hydrogen) atoms. The molecule has 134 valence electrons. The van der Waals surface area contributed by atoms with Crippen LogP contribution in [0.3, 0.4) is 0 Å². The van der Waals surface area contributed by atoms with E-state index in [1.165, 1.54) is 0 Å². The summed E-state index contributed by atoms with van der Waals surface area (Å²) >= 11 is 0. The number of anilines is 1. The molecule has 1 unspecified atom stereocenters. The van der Waals surface area contributed by atoms with Crippen molar-refractivity contribution in [1.82, 2.24) is 15.6 Å². The fourth-order valence-electron chi connectivity index (χ4n) is 2.40. The molecule has 5 nitrogen and oxygen atoms in total. The Labute approximate surface area is 151 Å². The number of pyridine rings is 1. The van der Waals surface area contributed by atoms with Gasteiger partial charge in [-0.15, -0.1) is 0 Å². The van der Waals surface area contributed by atoms with Crippen LogP contribution in [0.2, 0.25) is 0 Å². The van der Waals surface area contributed by atoms with E-state index < -0.39 is 0 Å². The predicted molar refractivity (Wildman–Crippen MR) is 106 cm³/mol. The number of para-hydroxylation sites is 1. The van der Waals surface area contributed by atoms with Gasteiger partial charge in [-0.3, -0.25) is 4.98 Å². The van der Waals surface area contributed by atoms with Gasteiger partial charge in [0.05, 0.1) is 12.2 Å². The first-order valence-electron chi connectivity index (χ1n) is 8.92. The van der Waals surface area contributed by atoms with Crippen molar-refractivity contribution in [2.75, 3.05) is 18.4 Å². The van der Waals surface area contributed by atoms with E-state index in [1.807, 2.05) is 36.4 Å². The van der Waals surface area contributed by atoms with Gasteiger partial charge in [-0.2, -0.15) is 0 Å². The van der Waals surface area contributed by atoms with E-state index in [9.17, 15) is 0 Å². The number of hydrogen-bond acceptors (Lipinski definition) is 3. The van der Waals surface area contributed by atoms with Crippen molar-refractivity contribution >= 4 is 11.6 Å². The lowest BCUT2D eigenvalue weighted by Crippen LogP contribution is -2.44.